The molecule has 4 rings (SSSR count). The third-order valence-corrected chi connectivity index (χ3v) is 4.64. The maximum atomic E-state index is 12.8. The highest BCUT2D eigenvalue weighted by Crippen LogP contribution is 2.26. The van der Waals surface area contributed by atoms with Gasteiger partial charge in [0.05, 0.1) is 16.2 Å². The number of para-hydroxylation sites is 2. The Bertz CT molecular complexity index is 1250. The van der Waals surface area contributed by atoms with E-state index in [-0.39, 0.29) is 22.6 Å². The lowest BCUT2D eigenvalue weighted by Gasteiger charge is -2.13. The summed E-state index contributed by atoms with van der Waals surface area (Å²) in [7, 11) is 0. The van der Waals surface area contributed by atoms with Crippen LogP contribution in [0, 0.1) is 10.1 Å². The molecule has 0 radical (unpaired) electrons. The number of nitro benzene ring substituents is 1. The zero-order chi connectivity index (χ0) is 22.7. The summed E-state index contributed by atoms with van der Waals surface area (Å²) >= 11 is 0. The molecule has 9 nitrogen and oxygen atoms in total. The second-order valence-electron chi connectivity index (χ2n) is 6.71. The molecule has 1 saturated heterocycles. The number of benzene rings is 3. The van der Waals surface area contributed by atoms with Crippen LogP contribution in [0.1, 0.15) is 15.9 Å². The molecule has 1 N–H and O–H groups in total. The lowest BCUT2D eigenvalue weighted by molar-refractivity contribution is -0.384. The summed E-state index contributed by atoms with van der Waals surface area (Å²) < 4.78 is 5.41. The van der Waals surface area contributed by atoms with E-state index >= 15 is 0 Å². The Morgan fingerprint density at radius 2 is 1.59 bits per heavy atom. The summed E-state index contributed by atoms with van der Waals surface area (Å²) in [5.41, 5.74) is 3.20. The van der Waals surface area contributed by atoms with Gasteiger partial charge in [-0.2, -0.15) is 0 Å². The molecule has 32 heavy (non-hydrogen) atoms. The van der Waals surface area contributed by atoms with Gasteiger partial charge < -0.3 is 4.74 Å². The van der Waals surface area contributed by atoms with E-state index in [1.54, 1.807) is 48.5 Å². The molecular weight excluding hydrogens is 414 g/mol. The van der Waals surface area contributed by atoms with Crippen molar-refractivity contribution in [3.8, 4) is 5.75 Å². The Kier molecular flexibility index (Phi) is 5.45. The Balaban J connectivity index is 1.59. The molecule has 1 heterocycles. The van der Waals surface area contributed by atoms with E-state index in [0.717, 1.165) is 5.01 Å². The van der Waals surface area contributed by atoms with Crippen LogP contribution in [0.15, 0.2) is 84.4 Å². The number of rotatable bonds is 5. The maximum absolute atomic E-state index is 12.8. The molecule has 158 valence electrons. The first-order valence-electron chi connectivity index (χ1n) is 9.42. The topological polar surface area (TPSA) is 119 Å². The van der Waals surface area contributed by atoms with Gasteiger partial charge in [-0.25, -0.2) is 9.80 Å². The van der Waals surface area contributed by atoms with Crippen molar-refractivity contribution in [2.24, 2.45) is 0 Å². The van der Waals surface area contributed by atoms with E-state index in [4.69, 9.17) is 4.74 Å². The Morgan fingerprint density at radius 1 is 0.938 bits per heavy atom. The Morgan fingerprint density at radius 3 is 2.28 bits per heavy atom. The number of nitrogens with one attached hydrogen (secondary N) is 1. The minimum atomic E-state index is -0.737. The van der Waals surface area contributed by atoms with Gasteiger partial charge in [-0.15, -0.1) is 0 Å². The number of non-ortho nitro benzene ring substituents is 1. The van der Waals surface area contributed by atoms with Crippen molar-refractivity contribution in [2.45, 2.75) is 0 Å². The fourth-order valence-corrected chi connectivity index (χ4v) is 3.04. The minimum Gasteiger partial charge on any atom is -0.422 e. The molecule has 0 spiro atoms. The third kappa shape index (κ3) is 4.08. The van der Waals surface area contributed by atoms with Gasteiger partial charge in [0.2, 0.25) is 0 Å². The smallest absolute Gasteiger partial charge is 0.343 e. The van der Waals surface area contributed by atoms with Gasteiger partial charge in [0.1, 0.15) is 11.3 Å². The van der Waals surface area contributed by atoms with Gasteiger partial charge in [-0.1, -0.05) is 36.4 Å². The molecule has 0 saturated carbocycles. The number of nitrogens with zero attached hydrogens (tertiary/aromatic N) is 2. The van der Waals surface area contributed by atoms with Crippen LogP contribution in [-0.4, -0.2) is 22.7 Å². The van der Waals surface area contributed by atoms with Gasteiger partial charge in [0, 0.05) is 17.7 Å². The SMILES string of the molecule is O=C1NN(c2ccccc2)C(=O)/C1=C/c1ccccc1OC(=O)c1ccc([N+](=O)[O-])cc1. The number of ether oxygens (including phenoxy) is 1. The van der Waals surface area contributed by atoms with E-state index in [1.165, 1.54) is 36.4 Å². The van der Waals surface area contributed by atoms with Crippen molar-refractivity contribution in [1.82, 2.24) is 5.43 Å². The number of anilines is 1. The van der Waals surface area contributed by atoms with Gasteiger partial charge in [0.25, 0.3) is 17.5 Å². The molecule has 0 unspecified atom stereocenters. The first-order valence-corrected chi connectivity index (χ1v) is 9.42. The van der Waals surface area contributed by atoms with Gasteiger partial charge >= 0.3 is 5.97 Å². The quantitative estimate of drug-likeness (QED) is 0.166. The number of hydrogen-bond acceptors (Lipinski definition) is 6. The van der Waals surface area contributed by atoms with Crippen LogP contribution >= 0.6 is 0 Å². The van der Waals surface area contributed by atoms with E-state index < -0.39 is 22.7 Å². The van der Waals surface area contributed by atoms with Crippen molar-refractivity contribution in [3.05, 3.63) is 106 Å². The molecule has 0 aromatic heterocycles. The predicted molar refractivity (Wildman–Crippen MR) is 115 cm³/mol. The average molecular weight is 429 g/mol. The summed E-state index contributed by atoms with van der Waals surface area (Å²) in [5, 5.41) is 11.9. The molecule has 1 aliphatic heterocycles. The van der Waals surface area contributed by atoms with Crippen molar-refractivity contribution in [2.75, 3.05) is 5.01 Å². The van der Waals surface area contributed by atoms with Gasteiger partial charge in [-0.05, 0) is 36.4 Å². The molecular formula is C23H15N3O6. The minimum absolute atomic E-state index is 0.114. The largest absolute Gasteiger partial charge is 0.422 e. The lowest BCUT2D eigenvalue weighted by Crippen LogP contribution is -2.35. The summed E-state index contributed by atoms with van der Waals surface area (Å²) in [6, 6.07) is 20.0. The van der Waals surface area contributed by atoms with Gasteiger partial charge in [0.15, 0.2) is 0 Å². The lowest BCUT2D eigenvalue weighted by atomic mass is 10.1. The fraction of sp³-hybridized carbons (Fsp3) is 0. The summed E-state index contributed by atoms with van der Waals surface area (Å²) in [4.78, 5) is 47.9. The van der Waals surface area contributed by atoms with Crippen molar-refractivity contribution >= 4 is 35.2 Å². The fourth-order valence-electron chi connectivity index (χ4n) is 3.04. The highest BCUT2D eigenvalue weighted by Gasteiger charge is 2.34. The number of amides is 2. The molecule has 2 amide bonds. The monoisotopic (exact) mass is 429 g/mol. The highest BCUT2D eigenvalue weighted by molar-refractivity contribution is 6.31. The second-order valence-corrected chi connectivity index (χ2v) is 6.71. The van der Waals surface area contributed by atoms with Crippen molar-refractivity contribution in [3.63, 3.8) is 0 Å². The van der Waals surface area contributed by atoms with Gasteiger partial charge in [-0.3, -0.25) is 25.1 Å². The van der Waals surface area contributed by atoms with E-state index in [1.807, 2.05) is 0 Å². The number of carbonyl (C=O) groups excluding carboxylic acids is 3. The van der Waals surface area contributed by atoms with Crippen LogP contribution in [-0.2, 0) is 9.59 Å². The van der Waals surface area contributed by atoms with E-state index in [0.29, 0.717) is 11.3 Å². The molecule has 9 heteroatoms. The number of hydrogen-bond donors (Lipinski definition) is 1. The molecule has 0 bridgehead atoms. The summed E-state index contributed by atoms with van der Waals surface area (Å²) in [6.45, 7) is 0. The Hall–Kier alpha value is -4.79. The molecule has 3 aromatic carbocycles. The summed E-state index contributed by atoms with van der Waals surface area (Å²) in [5.74, 6) is -1.74. The molecule has 1 fully saturated rings. The zero-order valence-corrected chi connectivity index (χ0v) is 16.4. The number of hydrazine groups is 1. The van der Waals surface area contributed by atoms with Crippen LogP contribution in [0.2, 0.25) is 0 Å². The Labute approximate surface area is 181 Å². The maximum Gasteiger partial charge on any atom is 0.343 e. The van der Waals surface area contributed by atoms with E-state index in [9.17, 15) is 24.5 Å². The standard InChI is InChI=1S/C23H15N3O6/c27-21-19(22(28)25(24-21)17-7-2-1-3-8-17)14-16-6-4-5-9-20(16)32-23(29)15-10-12-18(13-11-15)26(30)31/h1-14H,(H,24,27)/b19-14+. The van der Waals surface area contributed by atoms with Crippen LogP contribution in [0.25, 0.3) is 6.08 Å². The van der Waals surface area contributed by atoms with Crippen LogP contribution < -0.4 is 15.2 Å². The molecule has 0 aliphatic carbocycles. The average Bonchev–Trinajstić information content (AvgIpc) is 3.09. The number of esters is 1. The third-order valence-electron chi connectivity index (χ3n) is 4.64. The molecule has 3 aromatic rings. The molecule has 0 atom stereocenters. The first kappa shape index (κ1) is 20.5. The van der Waals surface area contributed by atoms with Crippen LogP contribution in [0.4, 0.5) is 11.4 Å². The summed E-state index contributed by atoms with van der Waals surface area (Å²) in [6.07, 6.45) is 1.35. The second kappa shape index (κ2) is 8.52. The van der Waals surface area contributed by atoms with E-state index in [2.05, 4.69) is 5.43 Å². The predicted octanol–water partition coefficient (Wildman–Crippen LogP) is 3.28. The first-order chi connectivity index (χ1) is 15.4. The van der Waals surface area contributed by atoms with Crippen molar-refractivity contribution in [1.29, 1.82) is 0 Å². The van der Waals surface area contributed by atoms with Crippen LogP contribution in [0.3, 0.4) is 0 Å². The van der Waals surface area contributed by atoms with Crippen molar-refractivity contribution < 1.29 is 24.0 Å². The molecule has 1 aliphatic rings. The zero-order valence-electron chi connectivity index (χ0n) is 16.4. The number of nitro groups is 1. The van der Waals surface area contributed by atoms with Crippen LogP contribution in [0.5, 0.6) is 5.75 Å². The normalized spacial score (nSPS) is 14.4. The highest BCUT2D eigenvalue weighted by atomic mass is 16.6. The number of carbonyl (C=O) groups is 3.